The first-order chi connectivity index (χ1) is 11.1. The summed E-state index contributed by atoms with van der Waals surface area (Å²) in [6.07, 6.45) is 0. The highest BCUT2D eigenvalue weighted by molar-refractivity contribution is 9.10. The minimum absolute atomic E-state index is 0.661. The van der Waals surface area contributed by atoms with E-state index in [0.29, 0.717) is 11.5 Å². The van der Waals surface area contributed by atoms with Crippen molar-refractivity contribution >= 4 is 31.9 Å². The van der Waals surface area contributed by atoms with Crippen molar-refractivity contribution in [1.82, 2.24) is 0 Å². The summed E-state index contributed by atoms with van der Waals surface area (Å²) in [5, 5.41) is 11.8. The lowest BCUT2D eigenvalue weighted by Crippen LogP contribution is -2.32. The lowest BCUT2D eigenvalue weighted by molar-refractivity contribution is 0.112. The summed E-state index contributed by atoms with van der Waals surface area (Å²) in [6.45, 7) is 0. The Hall–Kier alpha value is -1.62. The predicted octanol–water partition coefficient (Wildman–Crippen LogP) is 5.60. The van der Waals surface area contributed by atoms with E-state index in [1.165, 1.54) is 0 Å². The molecular weight excluding hydrogens is 420 g/mol. The van der Waals surface area contributed by atoms with E-state index in [-0.39, 0.29) is 0 Å². The third kappa shape index (κ3) is 2.33. The Labute approximate surface area is 151 Å². The second kappa shape index (κ2) is 5.48. The standard InChI is InChI=1S/C19H12Br2O2/c20-13-6-8-17-15(10-13)19(22,12-4-2-1-3-5-12)16-11-14(21)7-9-18(16)23-17/h1-11,22H. The predicted molar refractivity (Wildman–Crippen MR) is 96.9 cm³/mol. The zero-order valence-electron chi connectivity index (χ0n) is 12.0. The van der Waals surface area contributed by atoms with Gasteiger partial charge in [-0.2, -0.15) is 0 Å². The van der Waals surface area contributed by atoms with E-state index in [1.807, 2.05) is 66.7 Å². The Bertz CT molecular complexity index is 840. The highest BCUT2D eigenvalue weighted by Gasteiger charge is 2.42. The topological polar surface area (TPSA) is 29.5 Å². The molecule has 0 saturated carbocycles. The fourth-order valence-electron chi connectivity index (χ4n) is 3.00. The van der Waals surface area contributed by atoms with E-state index in [0.717, 1.165) is 25.6 Å². The molecule has 4 heteroatoms. The van der Waals surface area contributed by atoms with Gasteiger partial charge in [-0.3, -0.25) is 0 Å². The van der Waals surface area contributed by atoms with E-state index < -0.39 is 5.60 Å². The normalized spacial score (nSPS) is 14.6. The summed E-state index contributed by atoms with van der Waals surface area (Å²) in [7, 11) is 0. The molecule has 1 N–H and O–H groups in total. The van der Waals surface area contributed by atoms with Crippen molar-refractivity contribution in [3.05, 3.63) is 92.4 Å². The van der Waals surface area contributed by atoms with Crippen molar-refractivity contribution < 1.29 is 9.84 Å². The van der Waals surface area contributed by atoms with Crippen LogP contribution in [-0.2, 0) is 5.60 Å². The fraction of sp³-hybridized carbons (Fsp3) is 0.0526. The van der Waals surface area contributed by atoms with Crippen molar-refractivity contribution in [2.24, 2.45) is 0 Å². The number of hydrogen-bond donors (Lipinski definition) is 1. The van der Waals surface area contributed by atoms with E-state index in [1.54, 1.807) is 0 Å². The molecule has 114 valence electrons. The van der Waals surface area contributed by atoms with Crippen LogP contribution in [0, 0.1) is 0 Å². The van der Waals surface area contributed by atoms with Gasteiger partial charge in [-0.25, -0.2) is 0 Å². The van der Waals surface area contributed by atoms with Gasteiger partial charge in [-0.15, -0.1) is 0 Å². The van der Waals surface area contributed by atoms with Crippen molar-refractivity contribution in [3.63, 3.8) is 0 Å². The average Bonchev–Trinajstić information content (AvgIpc) is 2.57. The van der Waals surface area contributed by atoms with E-state index in [4.69, 9.17) is 4.74 Å². The van der Waals surface area contributed by atoms with Crippen molar-refractivity contribution in [1.29, 1.82) is 0 Å². The second-order valence-electron chi connectivity index (χ2n) is 5.46. The van der Waals surface area contributed by atoms with Crippen LogP contribution in [0.5, 0.6) is 11.5 Å². The molecule has 0 aliphatic carbocycles. The monoisotopic (exact) mass is 430 g/mol. The maximum atomic E-state index is 11.8. The molecule has 0 amide bonds. The van der Waals surface area contributed by atoms with Gasteiger partial charge in [0.25, 0.3) is 0 Å². The number of benzene rings is 3. The summed E-state index contributed by atoms with van der Waals surface area (Å²) >= 11 is 6.99. The molecule has 0 saturated heterocycles. The van der Waals surface area contributed by atoms with Crippen LogP contribution < -0.4 is 4.74 Å². The Morgan fingerprint density at radius 1 is 0.739 bits per heavy atom. The number of aliphatic hydroxyl groups is 1. The number of hydrogen-bond acceptors (Lipinski definition) is 2. The molecule has 23 heavy (non-hydrogen) atoms. The molecule has 0 fully saturated rings. The summed E-state index contributed by atoms with van der Waals surface area (Å²) < 4.78 is 7.79. The van der Waals surface area contributed by atoms with Gasteiger partial charge >= 0.3 is 0 Å². The third-order valence-corrected chi connectivity index (χ3v) is 5.06. The molecule has 0 atom stereocenters. The number of fused-ring (bicyclic) bond motifs is 2. The molecule has 1 aliphatic heterocycles. The number of rotatable bonds is 1. The maximum Gasteiger partial charge on any atom is 0.147 e. The van der Waals surface area contributed by atoms with Crippen molar-refractivity contribution in [2.75, 3.05) is 0 Å². The molecule has 3 aromatic rings. The summed E-state index contributed by atoms with van der Waals surface area (Å²) in [4.78, 5) is 0. The molecular formula is C19H12Br2O2. The van der Waals surface area contributed by atoms with Gasteiger partial charge in [0.2, 0.25) is 0 Å². The molecule has 0 unspecified atom stereocenters. The van der Waals surface area contributed by atoms with Crippen LogP contribution in [-0.4, -0.2) is 5.11 Å². The molecule has 3 aromatic carbocycles. The minimum atomic E-state index is -1.27. The van der Waals surface area contributed by atoms with Gasteiger partial charge < -0.3 is 9.84 Å². The molecule has 1 heterocycles. The average molecular weight is 432 g/mol. The van der Waals surface area contributed by atoms with Gasteiger partial charge in [-0.05, 0) is 42.0 Å². The lowest BCUT2D eigenvalue weighted by Gasteiger charge is -2.36. The quantitative estimate of drug-likeness (QED) is 0.543. The summed E-state index contributed by atoms with van der Waals surface area (Å²) in [5.74, 6) is 1.32. The first kappa shape index (κ1) is 14.9. The van der Waals surface area contributed by atoms with Crippen LogP contribution in [0.1, 0.15) is 16.7 Å². The molecule has 0 aromatic heterocycles. The SMILES string of the molecule is OC1(c2ccccc2)c2cc(Br)ccc2Oc2ccc(Br)cc21. The van der Waals surface area contributed by atoms with Crippen LogP contribution in [0.4, 0.5) is 0 Å². The van der Waals surface area contributed by atoms with Crippen LogP contribution in [0.2, 0.25) is 0 Å². The van der Waals surface area contributed by atoms with Gasteiger partial charge in [-0.1, -0.05) is 62.2 Å². The van der Waals surface area contributed by atoms with E-state index in [9.17, 15) is 5.11 Å². The second-order valence-corrected chi connectivity index (χ2v) is 7.29. The molecule has 0 bridgehead atoms. The summed E-state index contributed by atoms with van der Waals surface area (Å²) in [5.41, 5.74) is 0.993. The van der Waals surface area contributed by atoms with Crippen molar-refractivity contribution in [2.45, 2.75) is 5.60 Å². The number of ether oxygens (including phenoxy) is 1. The van der Waals surface area contributed by atoms with Crippen LogP contribution in [0.3, 0.4) is 0 Å². The van der Waals surface area contributed by atoms with Gasteiger partial charge in [0.1, 0.15) is 17.1 Å². The van der Waals surface area contributed by atoms with Crippen LogP contribution in [0.15, 0.2) is 75.7 Å². The molecule has 2 nitrogen and oxygen atoms in total. The Balaban J connectivity index is 2.08. The minimum Gasteiger partial charge on any atom is -0.457 e. The molecule has 0 radical (unpaired) electrons. The smallest absolute Gasteiger partial charge is 0.147 e. The maximum absolute atomic E-state index is 11.8. The highest BCUT2D eigenvalue weighted by Crippen LogP contribution is 2.51. The van der Waals surface area contributed by atoms with Crippen molar-refractivity contribution in [3.8, 4) is 11.5 Å². The van der Waals surface area contributed by atoms with Crippen LogP contribution >= 0.6 is 31.9 Å². The molecule has 1 aliphatic rings. The number of halogens is 2. The largest absolute Gasteiger partial charge is 0.457 e. The molecule has 0 spiro atoms. The third-order valence-electron chi connectivity index (χ3n) is 4.07. The van der Waals surface area contributed by atoms with E-state index in [2.05, 4.69) is 31.9 Å². The first-order valence-corrected chi connectivity index (χ1v) is 8.73. The molecule has 4 rings (SSSR count). The zero-order chi connectivity index (χ0) is 16.0. The van der Waals surface area contributed by atoms with E-state index >= 15 is 0 Å². The van der Waals surface area contributed by atoms with Gasteiger partial charge in [0.05, 0.1) is 0 Å². The van der Waals surface area contributed by atoms with Crippen LogP contribution in [0.25, 0.3) is 0 Å². The fourth-order valence-corrected chi connectivity index (χ4v) is 3.72. The summed E-state index contributed by atoms with van der Waals surface area (Å²) in [6, 6.07) is 21.0. The highest BCUT2D eigenvalue weighted by atomic mass is 79.9. The van der Waals surface area contributed by atoms with Gasteiger partial charge in [0.15, 0.2) is 0 Å². The zero-order valence-corrected chi connectivity index (χ0v) is 15.1. The Morgan fingerprint density at radius 2 is 1.26 bits per heavy atom. The Morgan fingerprint density at radius 3 is 1.78 bits per heavy atom. The van der Waals surface area contributed by atoms with Gasteiger partial charge in [0, 0.05) is 20.1 Å². The lowest BCUT2D eigenvalue weighted by atomic mass is 9.78. The first-order valence-electron chi connectivity index (χ1n) is 7.15. The Kier molecular flexibility index (Phi) is 3.56.